The highest BCUT2D eigenvalue weighted by molar-refractivity contribution is 7.14. The van der Waals surface area contributed by atoms with E-state index in [-0.39, 0.29) is 29.2 Å². The lowest BCUT2D eigenvalue weighted by Crippen LogP contribution is -2.41. The summed E-state index contributed by atoms with van der Waals surface area (Å²) in [6, 6.07) is 8.04. The van der Waals surface area contributed by atoms with E-state index in [1.54, 1.807) is 22.4 Å². The molecular weight excluding hydrogens is 451 g/mol. The molecule has 0 spiro atoms. The molecule has 1 saturated heterocycles. The number of anilines is 2. The van der Waals surface area contributed by atoms with Gasteiger partial charge in [0.2, 0.25) is 11.8 Å². The van der Waals surface area contributed by atoms with Crippen LogP contribution in [0.4, 0.5) is 15.2 Å². The number of nitrogens with one attached hydrogen (secondary N) is 2. The Morgan fingerprint density at radius 2 is 1.91 bits per heavy atom. The van der Waals surface area contributed by atoms with Crippen molar-refractivity contribution >= 4 is 51.2 Å². The molecule has 1 aliphatic heterocycles. The second-order valence-corrected chi connectivity index (χ2v) is 9.25. The standard InChI is InChI=1S/C22H21FN4O3S2/c1-13(28)24-15-4-5-16(17(23)11-15)18-12-32-22(25-18)26-20(29)14-6-8-27(9-7-14)21(30)19-3-2-10-31-19/h2-5,10-12,14H,6-9H2,1H3,(H,24,28)(H,25,26,29). The molecule has 1 aliphatic rings. The van der Waals surface area contributed by atoms with Gasteiger partial charge in [-0.25, -0.2) is 9.37 Å². The van der Waals surface area contributed by atoms with Gasteiger partial charge in [0.1, 0.15) is 5.82 Å². The van der Waals surface area contributed by atoms with Gasteiger partial charge in [0.25, 0.3) is 5.91 Å². The predicted octanol–water partition coefficient (Wildman–Crippen LogP) is 4.46. The fourth-order valence-electron chi connectivity index (χ4n) is 3.57. The average Bonchev–Trinajstić information content (AvgIpc) is 3.45. The smallest absolute Gasteiger partial charge is 0.263 e. The number of halogens is 1. The van der Waals surface area contributed by atoms with Crippen molar-refractivity contribution in [1.82, 2.24) is 9.88 Å². The summed E-state index contributed by atoms with van der Waals surface area (Å²) in [5.74, 6) is -1.13. The van der Waals surface area contributed by atoms with Crippen LogP contribution in [0.3, 0.4) is 0 Å². The summed E-state index contributed by atoms with van der Waals surface area (Å²) >= 11 is 2.64. The van der Waals surface area contributed by atoms with Crippen LogP contribution in [-0.4, -0.2) is 40.7 Å². The van der Waals surface area contributed by atoms with E-state index in [1.165, 1.54) is 35.7 Å². The van der Waals surface area contributed by atoms with Crippen molar-refractivity contribution in [3.63, 3.8) is 0 Å². The monoisotopic (exact) mass is 472 g/mol. The van der Waals surface area contributed by atoms with Crippen LogP contribution >= 0.6 is 22.7 Å². The third-order valence-corrected chi connectivity index (χ3v) is 6.80. The summed E-state index contributed by atoms with van der Waals surface area (Å²) < 4.78 is 14.4. The molecule has 0 saturated carbocycles. The predicted molar refractivity (Wildman–Crippen MR) is 123 cm³/mol. The largest absolute Gasteiger partial charge is 0.338 e. The fourth-order valence-corrected chi connectivity index (χ4v) is 4.97. The number of benzene rings is 1. The van der Waals surface area contributed by atoms with Crippen LogP contribution < -0.4 is 10.6 Å². The van der Waals surface area contributed by atoms with Crippen LogP contribution in [0.15, 0.2) is 41.1 Å². The molecule has 3 aromatic rings. The van der Waals surface area contributed by atoms with Crippen LogP contribution in [-0.2, 0) is 9.59 Å². The highest BCUT2D eigenvalue weighted by atomic mass is 32.1. The topological polar surface area (TPSA) is 91.4 Å². The van der Waals surface area contributed by atoms with Gasteiger partial charge in [-0.1, -0.05) is 6.07 Å². The van der Waals surface area contributed by atoms with Gasteiger partial charge in [-0.2, -0.15) is 0 Å². The summed E-state index contributed by atoms with van der Waals surface area (Å²) in [4.78, 5) is 43.1. The number of piperidine rings is 1. The molecule has 166 valence electrons. The lowest BCUT2D eigenvalue weighted by molar-refractivity contribution is -0.121. The number of amides is 3. The molecule has 0 atom stereocenters. The fraction of sp³-hybridized carbons (Fsp3) is 0.273. The first kappa shape index (κ1) is 22.1. The SMILES string of the molecule is CC(=O)Nc1ccc(-c2csc(NC(=O)C3CCN(C(=O)c4cccs4)CC3)n2)c(F)c1. The lowest BCUT2D eigenvalue weighted by atomic mass is 9.96. The molecule has 0 aliphatic carbocycles. The maximum absolute atomic E-state index is 14.4. The second-order valence-electron chi connectivity index (χ2n) is 7.45. The Kier molecular flexibility index (Phi) is 6.61. The van der Waals surface area contributed by atoms with Crippen molar-refractivity contribution in [2.75, 3.05) is 23.7 Å². The number of hydrogen-bond donors (Lipinski definition) is 2. The van der Waals surface area contributed by atoms with Crippen LogP contribution in [0.25, 0.3) is 11.3 Å². The summed E-state index contributed by atoms with van der Waals surface area (Å²) in [6.45, 7) is 2.42. The normalized spacial score (nSPS) is 14.2. The minimum absolute atomic E-state index is 0.00923. The zero-order chi connectivity index (χ0) is 22.7. The van der Waals surface area contributed by atoms with Gasteiger partial charge in [-0.05, 0) is 42.5 Å². The van der Waals surface area contributed by atoms with Gasteiger partial charge >= 0.3 is 0 Å². The van der Waals surface area contributed by atoms with Crippen molar-refractivity contribution < 1.29 is 18.8 Å². The van der Waals surface area contributed by atoms with Crippen molar-refractivity contribution in [1.29, 1.82) is 0 Å². The van der Waals surface area contributed by atoms with Crippen molar-refractivity contribution in [2.24, 2.45) is 5.92 Å². The first-order valence-electron chi connectivity index (χ1n) is 10.1. The molecule has 2 N–H and O–H groups in total. The van der Waals surface area contributed by atoms with Gasteiger partial charge in [0, 0.05) is 42.6 Å². The number of hydrogen-bond acceptors (Lipinski definition) is 6. The van der Waals surface area contributed by atoms with Crippen LogP contribution in [0.1, 0.15) is 29.4 Å². The van der Waals surface area contributed by atoms with Crippen LogP contribution in [0.5, 0.6) is 0 Å². The van der Waals surface area contributed by atoms with E-state index >= 15 is 0 Å². The van der Waals surface area contributed by atoms with E-state index in [0.29, 0.717) is 47.3 Å². The third-order valence-electron chi connectivity index (χ3n) is 5.18. The van der Waals surface area contributed by atoms with Crippen molar-refractivity contribution in [3.8, 4) is 11.3 Å². The third kappa shape index (κ3) is 5.03. The van der Waals surface area contributed by atoms with E-state index in [1.807, 2.05) is 17.5 Å². The number of carbonyl (C=O) groups excluding carboxylic acids is 3. The number of thiazole rings is 1. The highest BCUT2D eigenvalue weighted by Gasteiger charge is 2.28. The van der Waals surface area contributed by atoms with E-state index in [9.17, 15) is 18.8 Å². The summed E-state index contributed by atoms with van der Waals surface area (Å²) in [6.07, 6.45) is 1.17. The molecule has 3 amide bonds. The Labute approximate surface area is 192 Å². The molecule has 2 aromatic heterocycles. The zero-order valence-electron chi connectivity index (χ0n) is 17.3. The lowest BCUT2D eigenvalue weighted by Gasteiger charge is -2.30. The molecule has 4 rings (SSSR count). The van der Waals surface area contributed by atoms with Crippen LogP contribution in [0, 0.1) is 11.7 Å². The molecule has 0 unspecified atom stereocenters. The average molecular weight is 473 g/mol. The molecule has 7 nitrogen and oxygen atoms in total. The number of thiophene rings is 1. The Morgan fingerprint density at radius 3 is 2.56 bits per heavy atom. The van der Waals surface area contributed by atoms with Gasteiger partial charge in [-0.15, -0.1) is 22.7 Å². The number of aromatic nitrogens is 1. The summed E-state index contributed by atoms with van der Waals surface area (Å²) in [7, 11) is 0. The molecular formula is C22H21FN4O3S2. The Morgan fingerprint density at radius 1 is 1.12 bits per heavy atom. The van der Waals surface area contributed by atoms with Gasteiger partial charge in [0.05, 0.1) is 10.6 Å². The molecule has 1 aromatic carbocycles. The maximum Gasteiger partial charge on any atom is 0.263 e. The van der Waals surface area contributed by atoms with Gasteiger partial charge < -0.3 is 15.5 Å². The molecule has 1 fully saturated rings. The molecule has 0 bridgehead atoms. The number of rotatable bonds is 5. The maximum atomic E-state index is 14.4. The molecule has 0 radical (unpaired) electrons. The summed E-state index contributed by atoms with van der Waals surface area (Å²) in [5, 5.41) is 9.29. The Balaban J connectivity index is 1.34. The quantitative estimate of drug-likeness (QED) is 0.574. The Bertz CT molecular complexity index is 1140. The number of nitrogens with zero attached hydrogens (tertiary/aromatic N) is 2. The van der Waals surface area contributed by atoms with Crippen LogP contribution in [0.2, 0.25) is 0 Å². The molecule has 10 heteroatoms. The second kappa shape index (κ2) is 9.58. The highest BCUT2D eigenvalue weighted by Crippen LogP contribution is 2.29. The first-order valence-corrected chi connectivity index (χ1v) is 11.8. The van der Waals surface area contributed by atoms with Gasteiger partial charge in [0.15, 0.2) is 5.13 Å². The van der Waals surface area contributed by atoms with Gasteiger partial charge in [-0.3, -0.25) is 14.4 Å². The number of likely N-dealkylation sites (tertiary alicyclic amines) is 1. The van der Waals surface area contributed by atoms with E-state index < -0.39 is 5.82 Å². The first-order chi connectivity index (χ1) is 15.4. The number of carbonyl (C=O) groups is 3. The van der Waals surface area contributed by atoms with E-state index in [2.05, 4.69) is 15.6 Å². The van der Waals surface area contributed by atoms with Crippen molar-refractivity contribution in [3.05, 3.63) is 51.8 Å². The summed E-state index contributed by atoms with van der Waals surface area (Å²) in [5.41, 5.74) is 1.07. The minimum atomic E-state index is -0.512. The molecule has 32 heavy (non-hydrogen) atoms. The molecule has 3 heterocycles. The minimum Gasteiger partial charge on any atom is -0.338 e. The zero-order valence-corrected chi connectivity index (χ0v) is 18.9. The van der Waals surface area contributed by atoms with E-state index in [0.717, 1.165) is 0 Å². The van der Waals surface area contributed by atoms with Crippen molar-refractivity contribution in [2.45, 2.75) is 19.8 Å². The Hall–Kier alpha value is -3.11. The van der Waals surface area contributed by atoms with E-state index in [4.69, 9.17) is 0 Å².